The molecule has 0 amide bonds. The van der Waals surface area contributed by atoms with Gasteiger partial charge in [-0.1, -0.05) is 83.1 Å². The molecule has 12 aromatic rings. The lowest BCUT2D eigenvalue weighted by molar-refractivity contribution is 0.0960. The van der Waals surface area contributed by atoms with E-state index in [1.807, 2.05) is 126 Å². The highest BCUT2D eigenvalue weighted by molar-refractivity contribution is 6.17. The van der Waals surface area contributed by atoms with E-state index in [1.54, 1.807) is 0 Å². The normalized spacial score (nSPS) is 12.9. The Hall–Kier alpha value is -9.84. The number of benzene rings is 8. The van der Waals surface area contributed by atoms with Gasteiger partial charge in [-0.05, 0) is 250 Å². The maximum absolute atomic E-state index is 12.7. The van der Waals surface area contributed by atoms with Gasteiger partial charge in [-0.15, -0.1) is 0 Å². The number of likely N-dealkylation sites (N-methyl/N-ethyl adjacent to an activating group) is 3. The van der Waals surface area contributed by atoms with Crippen LogP contribution >= 0.6 is 0 Å². The van der Waals surface area contributed by atoms with Gasteiger partial charge >= 0.3 is 0 Å². The topological polar surface area (TPSA) is 169 Å². The second-order valence-electron chi connectivity index (χ2n) is 31.4. The molecule has 4 aromatic heterocycles. The van der Waals surface area contributed by atoms with Crippen molar-refractivity contribution in [3.05, 3.63) is 190 Å². The minimum Gasteiger partial charge on any atom is -0.340 e. The SMILES string of the molecule is CCC(=O)c1ccc2c(c1)c1cc(C(=O)CC)ccc1n2CCCN(C)C.CCC(=O)c1ccc2c(c1)c1cc(C(=O)CC)ccc1n2CCN(CC)CC.CCCC(=O)c1ccc2c(c1)c1cc(C(=O)CCC)ccc1n2CCN(CC)CC.CCN(CC)CCn1c2ccc(C(=O)C3CC3)cc2c2cc(C(=O)C3CC3)ccc21. The van der Waals surface area contributed by atoms with Crippen molar-refractivity contribution in [3.63, 3.8) is 0 Å². The van der Waals surface area contributed by atoms with Crippen molar-refractivity contribution in [3.8, 4) is 0 Å². The number of fused-ring (bicyclic) bond motifs is 12. The third-order valence-corrected chi connectivity index (χ3v) is 23.7. The van der Waals surface area contributed by atoms with Crippen molar-refractivity contribution in [1.29, 1.82) is 0 Å². The fourth-order valence-electron chi connectivity index (χ4n) is 16.3. The van der Waals surface area contributed by atoms with Gasteiger partial charge in [0.05, 0.1) is 0 Å². The monoisotopic (exact) mass is 1550 g/mol. The first-order valence-electron chi connectivity index (χ1n) is 43.0. The first-order chi connectivity index (χ1) is 55.6. The van der Waals surface area contributed by atoms with Gasteiger partial charge in [0.2, 0.25) is 0 Å². The van der Waals surface area contributed by atoms with Crippen LogP contribution in [0.4, 0.5) is 0 Å². The molecular formula is C99H122N8O8. The number of hydrogen-bond donors (Lipinski definition) is 0. The number of rotatable bonds is 37. The number of aromatic nitrogens is 4. The second kappa shape index (κ2) is 39.7. The molecule has 0 N–H and O–H groups in total. The van der Waals surface area contributed by atoms with E-state index in [9.17, 15) is 38.4 Å². The summed E-state index contributed by atoms with van der Waals surface area (Å²) in [5.41, 5.74) is 15.2. The molecule has 115 heavy (non-hydrogen) atoms. The molecule has 2 aliphatic rings. The molecule has 0 spiro atoms. The molecule has 8 aromatic carbocycles. The van der Waals surface area contributed by atoms with Crippen LogP contribution in [0.15, 0.2) is 146 Å². The molecule has 16 nitrogen and oxygen atoms in total. The quantitative estimate of drug-likeness (QED) is 0.0338. The van der Waals surface area contributed by atoms with Crippen molar-refractivity contribution >= 4 is 133 Å². The van der Waals surface area contributed by atoms with E-state index in [1.165, 1.54) is 0 Å². The molecule has 4 heterocycles. The van der Waals surface area contributed by atoms with E-state index in [-0.39, 0.29) is 58.1 Å². The zero-order valence-corrected chi connectivity index (χ0v) is 70.9. The molecule has 0 saturated heterocycles. The minimum absolute atomic E-state index is 0.145. The first-order valence-corrected chi connectivity index (χ1v) is 43.0. The number of ketones is 8. The van der Waals surface area contributed by atoms with E-state index in [0.29, 0.717) is 38.5 Å². The van der Waals surface area contributed by atoms with Crippen LogP contribution in [0.5, 0.6) is 0 Å². The number of Topliss-reactive ketones (excluding diaryl/α,β-unsaturated/α-hetero) is 8. The summed E-state index contributed by atoms with van der Waals surface area (Å²) in [6.45, 7) is 38.4. The lowest BCUT2D eigenvalue weighted by atomic mass is 10.0. The number of carbonyl (C=O) groups is 8. The molecule has 2 fully saturated rings. The van der Waals surface area contributed by atoms with Gasteiger partial charge in [-0.3, -0.25) is 38.4 Å². The van der Waals surface area contributed by atoms with Crippen LogP contribution in [0.2, 0.25) is 0 Å². The molecule has 0 atom stereocenters. The van der Waals surface area contributed by atoms with Crippen molar-refractivity contribution in [2.45, 2.75) is 193 Å². The summed E-state index contributed by atoms with van der Waals surface area (Å²) < 4.78 is 9.34. The average molecular weight is 1550 g/mol. The van der Waals surface area contributed by atoms with Crippen molar-refractivity contribution in [2.75, 3.05) is 79.5 Å². The molecule has 2 aliphatic carbocycles. The molecule has 0 unspecified atom stereocenters. The van der Waals surface area contributed by atoms with Crippen molar-refractivity contribution in [1.82, 2.24) is 37.9 Å². The Bertz CT molecular complexity index is 5240. The molecule has 14 rings (SSSR count). The van der Waals surface area contributed by atoms with Gasteiger partial charge in [0, 0.05) is 228 Å². The standard InChI is InChI=1S/C26H30N2O2.C26H34N2O2.C24H30N2O2.C23H28N2O2/c1-3-27(4-2)13-14-28-23-11-9-19(25(29)17-5-6-17)15-21(23)22-16-20(10-12-24(22)28)26(30)18-7-8-18;1-5-9-25(29)19-11-13-23-21(17-19)22-18-20(26(30)10-6-2)12-14-24(22)28(23)16-15-27(7-3)8-4;1-5-23(27)17-9-11-21-19(15-17)20-16-18(24(28)6-2)10-12-22(20)26(21)14-13-25(7-3)8-4;1-5-22(26)16-8-10-20-18(14-16)19-15-17(23(27)6-2)9-11-21(19)25(20)13-7-12-24(3)4/h9-12,15-18H,3-8,13-14H2,1-2H3;11-14,17-18H,5-10,15-16H2,1-4H3;9-12,15-16H,5-8,13-14H2,1-4H3;8-11,14-15H,5-7,12-13H2,1-4H3. The summed E-state index contributed by atoms with van der Waals surface area (Å²) in [7, 11) is 4.16. The van der Waals surface area contributed by atoms with Crippen LogP contribution < -0.4 is 0 Å². The van der Waals surface area contributed by atoms with Gasteiger partial charge in [-0.2, -0.15) is 0 Å². The van der Waals surface area contributed by atoms with Gasteiger partial charge < -0.3 is 37.9 Å². The zero-order chi connectivity index (χ0) is 82.3. The molecule has 0 radical (unpaired) electrons. The highest BCUT2D eigenvalue weighted by atomic mass is 16.2. The Morgan fingerprint density at radius 1 is 0.278 bits per heavy atom. The van der Waals surface area contributed by atoms with Gasteiger partial charge in [0.1, 0.15) is 0 Å². The Balaban J connectivity index is 0.000000151. The third-order valence-electron chi connectivity index (χ3n) is 23.7. The van der Waals surface area contributed by atoms with Crippen LogP contribution in [0.3, 0.4) is 0 Å². The summed E-state index contributed by atoms with van der Waals surface area (Å²) in [6.07, 6.45) is 9.89. The molecule has 16 heteroatoms. The maximum atomic E-state index is 12.7. The predicted molar refractivity (Wildman–Crippen MR) is 475 cm³/mol. The van der Waals surface area contributed by atoms with Crippen molar-refractivity contribution < 1.29 is 38.4 Å². The van der Waals surface area contributed by atoms with Gasteiger partial charge in [-0.25, -0.2) is 0 Å². The van der Waals surface area contributed by atoms with E-state index in [2.05, 4.69) is 154 Å². The number of nitrogens with zero attached hydrogens (tertiary/aromatic N) is 8. The summed E-state index contributed by atoms with van der Waals surface area (Å²) in [5.74, 6) is 1.91. The highest BCUT2D eigenvalue weighted by Gasteiger charge is 2.33. The first kappa shape index (κ1) is 86.0. The molecule has 0 bridgehead atoms. The summed E-state index contributed by atoms with van der Waals surface area (Å²) >= 11 is 0. The Morgan fingerprint density at radius 3 is 0.687 bits per heavy atom. The summed E-state index contributed by atoms with van der Waals surface area (Å²) in [4.78, 5) is 109. The summed E-state index contributed by atoms with van der Waals surface area (Å²) in [5, 5.41) is 8.55. The average Bonchev–Trinajstić information content (AvgIpc) is 1.62. The van der Waals surface area contributed by atoms with E-state index in [0.717, 1.165) is 268 Å². The van der Waals surface area contributed by atoms with Crippen LogP contribution in [0.25, 0.3) is 87.2 Å². The third kappa shape index (κ3) is 19.7. The minimum atomic E-state index is 0.145. The van der Waals surface area contributed by atoms with Gasteiger partial charge in [0.25, 0.3) is 0 Å². The van der Waals surface area contributed by atoms with Crippen LogP contribution in [-0.4, -0.2) is 164 Å². The number of hydrogen-bond acceptors (Lipinski definition) is 12. The maximum Gasteiger partial charge on any atom is 0.165 e. The molecular weight excluding hydrogens is 1430 g/mol. The smallest absolute Gasteiger partial charge is 0.165 e. The second-order valence-corrected chi connectivity index (χ2v) is 31.4. The fraction of sp³-hybridized carbons (Fsp3) is 0.434. The van der Waals surface area contributed by atoms with Crippen molar-refractivity contribution in [2.24, 2.45) is 11.8 Å². The van der Waals surface area contributed by atoms with Crippen LogP contribution in [0.1, 0.15) is 249 Å². The van der Waals surface area contributed by atoms with E-state index in [4.69, 9.17) is 0 Å². The highest BCUT2D eigenvalue weighted by Crippen LogP contribution is 2.40. The van der Waals surface area contributed by atoms with E-state index < -0.39 is 0 Å². The van der Waals surface area contributed by atoms with Gasteiger partial charge in [0.15, 0.2) is 46.3 Å². The Labute approximate surface area is 680 Å². The molecule has 2 saturated carbocycles. The Morgan fingerprint density at radius 2 is 0.487 bits per heavy atom. The molecule has 0 aliphatic heterocycles. The predicted octanol–water partition coefficient (Wildman–Crippen LogP) is 21.7. The number of carbonyl (C=O) groups excluding carboxylic acids is 8. The molecule has 606 valence electrons. The number of aryl methyl sites for hydroxylation is 1. The fourth-order valence-corrected chi connectivity index (χ4v) is 16.3. The van der Waals surface area contributed by atoms with Crippen LogP contribution in [-0.2, 0) is 26.2 Å². The lowest BCUT2D eigenvalue weighted by Gasteiger charge is -2.19. The Kier molecular flexibility index (Phi) is 29.7. The van der Waals surface area contributed by atoms with E-state index >= 15 is 0 Å². The van der Waals surface area contributed by atoms with Crippen LogP contribution in [0, 0.1) is 11.8 Å². The largest absolute Gasteiger partial charge is 0.340 e. The lowest BCUT2D eigenvalue weighted by Crippen LogP contribution is -2.26. The zero-order valence-electron chi connectivity index (χ0n) is 70.9. The summed E-state index contributed by atoms with van der Waals surface area (Å²) in [6, 6.07) is 48.4.